The van der Waals surface area contributed by atoms with Crippen molar-refractivity contribution in [1.29, 1.82) is 0 Å². The molecule has 1 heterocycles. The average Bonchev–Trinajstić information content (AvgIpc) is 2.76. The second-order valence-corrected chi connectivity index (χ2v) is 5.06. The zero-order chi connectivity index (χ0) is 13.8. The Hall–Kier alpha value is -0.890. The first kappa shape index (κ1) is 15.2. The van der Waals surface area contributed by atoms with E-state index in [2.05, 4.69) is 15.0 Å². The highest BCUT2D eigenvalue weighted by atomic mass is 35.5. The molecule has 1 aromatic heterocycles. The summed E-state index contributed by atoms with van der Waals surface area (Å²) in [5, 5.41) is 21.9. The van der Waals surface area contributed by atoms with E-state index in [0.717, 1.165) is 11.3 Å². The lowest BCUT2D eigenvalue weighted by molar-refractivity contribution is 0.0606. The lowest BCUT2D eigenvalue weighted by Crippen LogP contribution is -2.45. The molecule has 8 heteroatoms. The van der Waals surface area contributed by atoms with Crippen LogP contribution in [0.25, 0.3) is 0 Å². The van der Waals surface area contributed by atoms with Crippen LogP contribution in [0.1, 0.15) is 23.0 Å². The summed E-state index contributed by atoms with van der Waals surface area (Å²) in [6, 6.07) is 0. The van der Waals surface area contributed by atoms with Crippen molar-refractivity contribution in [3.63, 3.8) is 0 Å². The lowest BCUT2D eigenvalue weighted by atomic mass is 9.99. The summed E-state index contributed by atoms with van der Waals surface area (Å²) in [7, 11) is 1.25. The van der Waals surface area contributed by atoms with E-state index in [1.807, 2.05) is 6.92 Å². The minimum Gasteiger partial charge on any atom is -0.465 e. The number of aliphatic hydroxyl groups is 2. The van der Waals surface area contributed by atoms with Crippen LogP contribution in [0.3, 0.4) is 0 Å². The van der Waals surface area contributed by atoms with Gasteiger partial charge >= 0.3 is 5.97 Å². The second-order valence-electron chi connectivity index (χ2n) is 3.71. The monoisotopic (exact) mass is 294 g/mol. The number of carbonyl (C=O) groups is 1. The normalized spacial score (nSPS) is 11.4. The Bertz CT molecular complexity index is 412. The van der Waals surface area contributed by atoms with Gasteiger partial charge in [-0.2, -0.15) is 0 Å². The molecule has 6 nitrogen and oxygen atoms in total. The molecular formula is C10H15ClN2O4S. The van der Waals surface area contributed by atoms with Crippen LogP contribution in [0.15, 0.2) is 0 Å². The Balaban J connectivity index is 2.95. The molecule has 0 bridgehead atoms. The number of hydrogen-bond acceptors (Lipinski definition) is 7. The number of halogens is 1. The van der Waals surface area contributed by atoms with E-state index in [1.54, 1.807) is 0 Å². The highest BCUT2D eigenvalue weighted by Gasteiger charge is 2.28. The largest absolute Gasteiger partial charge is 0.465 e. The number of thiazole rings is 1. The summed E-state index contributed by atoms with van der Waals surface area (Å²) in [6.07, 6.45) is 0.491. The number of aromatic nitrogens is 1. The van der Waals surface area contributed by atoms with Gasteiger partial charge in [0.1, 0.15) is 0 Å². The van der Waals surface area contributed by atoms with Gasteiger partial charge in [-0.25, -0.2) is 9.78 Å². The molecule has 0 radical (unpaired) electrons. The molecule has 0 spiro atoms. The Labute approximate surface area is 114 Å². The number of rotatable bonds is 6. The van der Waals surface area contributed by atoms with Crippen LogP contribution in [0, 0.1) is 0 Å². The minimum absolute atomic E-state index is 0.0373. The fourth-order valence-electron chi connectivity index (χ4n) is 1.24. The topological polar surface area (TPSA) is 91.7 Å². The van der Waals surface area contributed by atoms with Crippen molar-refractivity contribution in [3.05, 3.63) is 10.0 Å². The Morgan fingerprint density at radius 2 is 2.17 bits per heavy atom. The van der Waals surface area contributed by atoms with Crippen molar-refractivity contribution in [3.8, 4) is 0 Å². The SMILES string of the molecule is CCC(CO)(CO)Nc1nc(Cl)c(C(=O)OC)s1. The predicted octanol–water partition coefficient (Wildman–Crippen LogP) is 1.13. The molecule has 0 aromatic carbocycles. The van der Waals surface area contributed by atoms with E-state index in [0.29, 0.717) is 11.6 Å². The van der Waals surface area contributed by atoms with Gasteiger partial charge in [-0.15, -0.1) is 0 Å². The van der Waals surface area contributed by atoms with E-state index in [9.17, 15) is 15.0 Å². The maximum atomic E-state index is 11.4. The van der Waals surface area contributed by atoms with Gasteiger partial charge in [0.05, 0.1) is 25.9 Å². The van der Waals surface area contributed by atoms with Gasteiger partial charge in [0, 0.05) is 0 Å². The zero-order valence-corrected chi connectivity index (χ0v) is 11.6. The summed E-state index contributed by atoms with van der Waals surface area (Å²) in [4.78, 5) is 15.5. The van der Waals surface area contributed by atoms with Gasteiger partial charge in [0.15, 0.2) is 15.2 Å². The lowest BCUT2D eigenvalue weighted by Gasteiger charge is -2.29. The first-order valence-corrected chi connectivity index (χ1v) is 6.46. The molecule has 3 N–H and O–H groups in total. The first-order valence-electron chi connectivity index (χ1n) is 5.26. The van der Waals surface area contributed by atoms with E-state index in [-0.39, 0.29) is 23.2 Å². The van der Waals surface area contributed by atoms with Crippen molar-refractivity contribution >= 4 is 34.0 Å². The van der Waals surface area contributed by atoms with Gasteiger partial charge in [-0.3, -0.25) is 0 Å². The van der Waals surface area contributed by atoms with Crippen molar-refractivity contribution < 1.29 is 19.7 Å². The van der Waals surface area contributed by atoms with Crippen molar-refractivity contribution in [1.82, 2.24) is 4.98 Å². The van der Waals surface area contributed by atoms with Crippen LogP contribution >= 0.6 is 22.9 Å². The van der Waals surface area contributed by atoms with Crippen LogP contribution in [-0.2, 0) is 4.74 Å². The summed E-state index contributed by atoms with van der Waals surface area (Å²) in [6.45, 7) is 1.30. The Morgan fingerprint density at radius 1 is 1.56 bits per heavy atom. The third-order valence-electron chi connectivity index (χ3n) is 2.61. The quantitative estimate of drug-likeness (QED) is 0.681. The third-order valence-corrected chi connectivity index (χ3v) is 3.95. The Kier molecular flexibility index (Phi) is 5.33. The molecule has 0 aliphatic rings. The number of aliphatic hydroxyl groups excluding tert-OH is 2. The molecule has 1 rings (SSSR count). The predicted molar refractivity (Wildman–Crippen MR) is 69.3 cm³/mol. The van der Waals surface area contributed by atoms with Crippen LogP contribution < -0.4 is 5.32 Å². The molecule has 0 aliphatic heterocycles. The molecule has 18 heavy (non-hydrogen) atoms. The maximum Gasteiger partial charge on any atom is 0.351 e. The van der Waals surface area contributed by atoms with Crippen LogP contribution in [0.4, 0.5) is 5.13 Å². The van der Waals surface area contributed by atoms with E-state index < -0.39 is 11.5 Å². The average molecular weight is 295 g/mol. The maximum absolute atomic E-state index is 11.4. The molecule has 0 saturated heterocycles. The molecular weight excluding hydrogens is 280 g/mol. The number of anilines is 1. The van der Waals surface area contributed by atoms with Crippen LogP contribution in [0.5, 0.6) is 0 Å². The number of hydrogen-bond donors (Lipinski definition) is 3. The second kappa shape index (κ2) is 6.33. The smallest absolute Gasteiger partial charge is 0.351 e. The zero-order valence-electron chi connectivity index (χ0n) is 10.1. The summed E-state index contributed by atoms with van der Waals surface area (Å²) in [5.41, 5.74) is -0.880. The molecule has 102 valence electrons. The highest BCUT2D eigenvalue weighted by Crippen LogP contribution is 2.30. The van der Waals surface area contributed by atoms with Gasteiger partial charge in [0.2, 0.25) is 0 Å². The number of nitrogens with one attached hydrogen (secondary N) is 1. The fourth-order valence-corrected chi connectivity index (χ4v) is 2.46. The van der Waals surface area contributed by atoms with Gasteiger partial charge in [-0.1, -0.05) is 29.9 Å². The molecule has 0 atom stereocenters. The third kappa shape index (κ3) is 3.11. The molecule has 1 aromatic rings. The molecule has 0 amide bonds. The van der Waals surface area contributed by atoms with Crippen molar-refractivity contribution in [2.45, 2.75) is 18.9 Å². The standard InChI is InChI=1S/C10H15ClN2O4S/c1-3-10(4-14,5-15)13-9-12-7(11)6(18-9)8(16)17-2/h14-15H,3-5H2,1-2H3,(H,12,13). The summed E-state index contributed by atoms with van der Waals surface area (Å²) < 4.78 is 4.56. The number of nitrogens with zero attached hydrogens (tertiary/aromatic N) is 1. The van der Waals surface area contributed by atoms with Gasteiger partial charge < -0.3 is 20.3 Å². The number of carbonyl (C=O) groups excluding carboxylic acids is 1. The number of ether oxygens (including phenoxy) is 1. The van der Waals surface area contributed by atoms with Gasteiger partial charge in [0.25, 0.3) is 0 Å². The van der Waals surface area contributed by atoms with Crippen molar-refractivity contribution in [2.24, 2.45) is 0 Å². The molecule has 0 aliphatic carbocycles. The number of methoxy groups -OCH3 is 1. The number of esters is 1. The molecule has 0 fully saturated rings. The van der Waals surface area contributed by atoms with Crippen molar-refractivity contribution in [2.75, 3.05) is 25.6 Å². The summed E-state index contributed by atoms with van der Waals surface area (Å²) in [5.74, 6) is -0.569. The fraction of sp³-hybridized carbons (Fsp3) is 0.600. The summed E-state index contributed by atoms with van der Waals surface area (Å²) >= 11 is 6.82. The van der Waals surface area contributed by atoms with Crippen LogP contribution in [-0.4, -0.2) is 47.0 Å². The first-order chi connectivity index (χ1) is 8.51. The van der Waals surface area contributed by atoms with E-state index in [4.69, 9.17) is 11.6 Å². The van der Waals surface area contributed by atoms with E-state index >= 15 is 0 Å². The van der Waals surface area contributed by atoms with E-state index in [1.165, 1.54) is 7.11 Å². The molecule has 0 unspecified atom stereocenters. The highest BCUT2D eigenvalue weighted by molar-refractivity contribution is 7.18. The van der Waals surface area contributed by atoms with Gasteiger partial charge in [-0.05, 0) is 6.42 Å². The Morgan fingerprint density at radius 3 is 2.61 bits per heavy atom. The minimum atomic E-state index is -0.880. The van der Waals surface area contributed by atoms with Crippen LogP contribution in [0.2, 0.25) is 5.15 Å². The molecule has 0 saturated carbocycles.